The molecule has 34 heavy (non-hydrogen) atoms. The van der Waals surface area contributed by atoms with E-state index in [9.17, 15) is 0 Å². The average Bonchev–Trinajstić information content (AvgIpc) is 3.41. The van der Waals surface area contributed by atoms with Crippen molar-refractivity contribution in [2.45, 2.75) is 40.5 Å². The molecule has 2 aliphatic carbocycles. The number of hydrogen-bond donors (Lipinski definition) is 0. The molecule has 0 atom stereocenters. The molecule has 0 N–H and O–H groups in total. The van der Waals surface area contributed by atoms with Crippen LogP contribution in [-0.4, -0.2) is 0 Å². The Morgan fingerprint density at radius 3 is 1.21 bits per heavy atom. The zero-order valence-electron chi connectivity index (χ0n) is 20.7. The molecule has 0 saturated heterocycles. The maximum Gasteiger partial charge on any atom is -0.00604 e. The summed E-state index contributed by atoms with van der Waals surface area (Å²) < 4.78 is 0. The molecule has 2 aliphatic rings. The molecule has 0 saturated carbocycles. The van der Waals surface area contributed by atoms with E-state index in [4.69, 9.17) is 0 Å². The second-order valence-corrected chi connectivity index (χ2v) is 9.73. The average molecular weight is 441 g/mol. The first-order valence-electron chi connectivity index (χ1n) is 12.2. The Morgan fingerprint density at radius 2 is 0.824 bits per heavy atom. The van der Waals surface area contributed by atoms with Gasteiger partial charge in [-0.3, -0.25) is 0 Å². The summed E-state index contributed by atoms with van der Waals surface area (Å²) in [5.41, 5.74) is 16.9. The van der Waals surface area contributed by atoms with Gasteiger partial charge >= 0.3 is 0 Å². The van der Waals surface area contributed by atoms with Gasteiger partial charge in [0.1, 0.15) is 0 Å². The summed E-state index contributed by atoms with van der Waals surface area (Å²) in [4.78, 5) is 0. The maximum atomic E-state index is 2.34. The van der Waals surface area contributed by atoms with E-state index in [0.717, 1.165) is 12.8 Å². The second kappa shape index (κ2) is 9.31. The molecule has 168 valence electrons. The molecular formula is C34H32. The van der Waals surface area contributed by atoms with Crippen molar-refractivity contribution in [3.8, 4) is 22.3 Å². The van der Waals surface area contributed by atoms with Crippen LogP contribution in [0.15, 0.2) is 96.1 Å². The fourth-order valence-electron chi connectivity index (χ4n) is 5.35. The first-order valence-corrected chi connectivity index (χ1v) is 12.2. The molecule has 4 aromatic rings. The van der Waals surface area contributed by atoms with Crippen LogP contribution in [0.1, 0.15) is 47.2 Å². The van der Waals surface area contributed by atoms with E-state index in [1.54, 1.807) is 0 Å². The van der Waals surface area contributed by atoms with Crippen LogP contribution in [0.3, 0.4) is 0 Å². The number of benzene rings is 4. The Labute approximate surface area is 204 Å². The molecular weight excluding hydrogens is 408 g/mol. The van der Waals surface area contributed by atoms with Crippen LogP contribution in [0, 0.1) is 13.8 Å². The Morgan fingerprint density at radius 1 is 0.441 bits per heavy atom. The summed E-state index contributed by atoms with van der Waals surface area (Å²) >= 11 is 0. The largest absolute Gasteiger partial charge is 0.0683 e. The van der Waals surface area contributed by atoms with Gasteiger partial charge in [-0.15, -0.1) is 0 Å². The van der Waals surface area contributed by atoms with Gasteiger partial charge in [0.2, 0.25) is 0 Å². The first-order chi connectivity index (χ1) is 16.5. The van der Waals surface area contributed by atoms with E-state index in [2.05, 4.69) is 125 Å². The molecule has 0 nitrogen and oxygen atoms in total. The lowest BCUT2D eigenvalue weighted by Gasteiger charge is -2.11. The number of rotatable bonds is 2. The summed E-state index contributed by atoms with van der Waals surface area (Å²) in [7, 11) is 0. The van der Waals surface area contributed by atoms with E-state index >= 15 is 0 Å². The lowest BCUT2D eigenvalue weighted by molar-refractivity contribution is 1.19. The monoisotopic (exact) mass is 440 g/mol. The molecule has 6 rings (SSSR count). The van der Waals surface area contributed by atoms with E-state index in [1.165, 1.54) is 66.8 Å². The summed E-state index contributed by atoms with van der Waals surface area (Å²) in [6.45, 7) is 8.82. The van der Waals surface area contributed by atoms with Crippen LogP contribution in [-0.2, 0) is 12.8 Å². The van der Waals surface area contributed by atoms with Gasteiger partial charge in [-0.1, -0.05) is 108 Å². The van der Waals surface area contributed by atoms with Gasteiger partial charge in [-0.05, 0) is 96.2 Å². The van der Waals surface area contributed by atoms with Gasteiger partial charge in [0.15, 0.2) is 0 Å². The van der Waals surface area contributed by atoms with Crippen molar-refractivity contribution in [2.75, 3.05) is 0 Å². The molecule has 0 heterocycles. The van der Waals surface area contributed by atoms with Gasteiger partial charge in [0, 0.05) is 0 Å². The van der Waals surface area contributed by atoms with Crippen LogP contribution in [0.5, 0.6) is 0 Å². The molecule has 0 spiro atoms. The fraction of sp³-hybridized carbons (Fsp3) is 0.176. The molecule has 0 bridgehead atoms. The van der Waals surface area contributed by atoms with Crippen molar-refractivity contribution in [2.24, 2.45) is 0 Å². The van der Waals surface area contributed by atoms with Crippen LogP contribution in [0.2, 0.25) is 0 Å². The van der Waals surface area contributed by atoms with Gasteiger partial charge in [0.25, 0.3) is 0 Å². The maximum absolute atomic E-state index is 2.34. The van der Waals surface area contributed by atoms with Crippen molar-refractivity contribution in [1.29, 1.82) is 0 Å². The quantitative estimate of drug-likeness (QED) is 0.291. The second-order valence-electron chi connectivity index (χ2n) is 9.73. The van der Waals surface area contributed by atoms with Crippen molar-refractivity contribution in [3.63, 3.8) is 0 Å². The summed E-state index contributed by atoms with van der Waals surface area (Å²) in [6.07, 6.45) is 6.89. The standard InChI is InChI=1S/2C17H16/c2*1-12-10-15-9-8-13(2)17(16(15)11-12)14-6-4-3-5-7-14/h2*3-9,11H,10H2,1-2H3. The van der Waals surface area contributed by atoms with Gasteiger partial charge in [-0.2, -0.15) is 0 Å². The Hall–Kier alpha value is -3.64. The van der Waals surface area contributed by atoms with Crippen molar-refractivity contribution < 1.29 is 0 Å². The minimum absolute atomic E-state index is 1.11. The van der Waals surface area contributed by atoms with Crippen LogP contribution >= 0.6 is 0 Å². The fourth-order valence-corrected chi connectivity index (χ4v) is 5.35. The smallest absolute Gasteiger partial charge is 0.00604 e. The highest BCUT2D eigenvalue weighted by Gasteiger charge is 2.17. The number of allylic oxidation sites excluding steroid dienone is 2. The predicted octanol–water partition coefficient (Wildman–Crippen LogP) is 9.24. The van der Waals surface area contributed by atoms with Crippen LogP contribution in [0.4, 0.5) is 0 Å². The zero-order chi connectivity index (χ0) is 23.7. The van der Waals surface area contributed by atoms with E-state index in [0.29, 0.717) is 0 Å². The third kappa shape index (κ3) is 4.29. The lowest BCUT2D eigenvalue weighted by Crippen LogP contribution is -1.91. The van der Waals surface area contributed by atoms with Crippen molar-refractivity contribution in [3.05, 3.63) is 129 Å². The van der Waals surface area contributed by atoms with Crippen LogP contribution < -0.4 is 0 Å². The molecule has 0 aliphatic heterocycles. The molecule has 0 radical (unpaired) electrons. The Balaban J connectivity index is 0.000000142. The molecule has 0 amide bonds. The topological polar surface area (TPSA) is 0 Å². The number of hydrogen-bond acceptors (Lipinski definition) is 0. The van der Waals surface area contributed by atoms with Crippen molar-refractivity contribution >= 4 is 12.2 Å². The van der Waals surface area contributed by atoms with E-state index in [-0.39, 0.29) is 0 Å². The SMILES string of the molecule is CC1=Cc2c(ccc(C)c2-c2ccccc2)C1.CC1=Cc2c(ccc(C)c2-c2ccccc2)C1. The zero-order valence-corrected chi connectivity index (χ0v) is 20.7. The summed E-state index contributed by atoms with van der Waals surface area (Å²) in [5, 5.41) is 0. The normalized spacial score (nSPS) is 13.4. The first kappa shape index (κ1) is 22.2. The minimum Gasteiger partial charge on any atom is -0.0683 e. The highest BCUT2D eigenvalue weighted by atomic mass is 14.2. The van der Waals surface area contributed by atoms with Crippen LogP contribution in [0.25, 0.3) is 34.4 Å². The summed E-state index contributed by atoms with van der Waals surface area (Å²) in [5.74, 6) is 0. The van der Waals surface area contributed by atoms with Crippen molar-refractivity contribution in [1.82, 2.24) is 0 Å². The molecule has 0 unspecified atom stereocenters. The molecule has 4 aromatic carbocycles. The van der Waals surface area contributed by atoms with Gasteiger partial charge < -0.3 is 0 Å². The highest BCUT2D eigenvalue weighted by Crippen LogP contribution is 2.37. The molecule has 0 aromatic heterocycles. The number of aryl methyl sites for hydroxylation is 2. The van der Waals surface area contributed by atoms with Gasteiger partial charge in [0.05, 0.1) is 0 Å². The molecule has 0 fully saturated rings. The Kier molecular flexibility index (Phi) is 6.07. The third-order valence-electron chi connectivity index (χ3n) is 6.93. The predicted molar refractivity (Wildman–Crippen MR) is 148 cm³/mol. The minimum atomic E-state index is 1.11. The highest BCUT2D eigenvalue weighted by molar-refractivity contribution is 5.83. The van der Waals surface area contributed by atoms with Gasteiger partial charge in [-0.25, -0.2) is 0 Å². The number of fused-ring (bicyclic) bond motifs is 2. The Bertz CT molecular complexity index is 1290. The third-order valence-corrected chi connectivity index (χ3v) is 6.93. The van der Waals surface area contributed by atoms with E-state index < -0.39 is 0 Å². The molecule has 0 heteroatoms. The summed E-state index contributed by atoms with van der Waals surface area (Å²) in [6, 6.07) is 30.4. The lowest BCUT2D eigenvalue weighted by atomic mass is 9.93. The van der Waals surface area contributed by atoms with E-state index in [1.807, 2.05) is 0 Å².